The molecule has 0 bridgehead atoms. The van der Waals surface area contributed by atoms with Crippen molar-refractivity contribution in [3.05, 3.63) is 0 Å². The molecule has 3 nitrogen and oxygen atoms in total. The first kappa shape index (κ1) is 14.3. The van der Waals surface area contributed by atoms with E-state index < -0.39 is 9.84 Å². The van der Waals surface area contributed by atoms with Crippen LogP contribution >= 0.6 is 0 Å². The smallest absolute Gasteiger partial charge is 0.154 e. The fourth-order valence-corrected chi connectivity index (χ4v) is 5.09. The molecule has 18 heavy (non-hydrogen) atoms. The lowest BCUT2D eigenvalue weighted by atomic mass is 9.96. The van der Waals surface area contributed by atoms with Crippen molar-refractivity contribution in [2.45, 2.75) is 75.5 Å². The van der Waals surface area contributed by atoms with E-state index in [1.807, 2.05) is 0 Å². The molecule has 2 fully saturated rings. The van der Waals surface area contributed by atoms with Crippen LogP contribution in [-0.4, -0.2) is 32.0 Å². The molecular formula is C14H27NO2S. The standard InChI is InChI=1S/C14H27NO2S/c16-18(17,14-9-5-2-6-10-14)12-11-15-13-7-3-1-4-8-13/h13-15H,1-12H2. The van der Waals surface area contributed by atoms with Gasteiger partial charge in [0.05, 0.1) is 11.0 Å². The van der Waals surface area contributed by atoms with Gasteiger partial charge in [0.1, 0.15) is 0 Å². The van der Waals surface area contributed by atoms with E-state index in [0.29, 0.717) is 18.3 Å². The van der Waals surface area contributed by atoms with E-state index in [0.717, 1.165) is 25.7 Å². The first-order valence-corrected chi connectivity index (χ1v) is 9.35. The first-order chi connectivity index (χ1) is 8.68. The van der Waals surface area contributed by atoms with Gasteiger partial charge in [-0.25, -0.2) is 8.42 Å². The molecule has 0 saturated heterocycles. The number of hydrogen-bond donors (Lipinski definition) is 1. The summed E-state index contributed by atoms with van der Waals surface area (Å²) in [5.74, 6) is 0.341. The molecule has 0 radical (unpaired) electrons. The molecule has 0 spiro atoms. The lowest BCUT2D eigenvalue weighted by Crippen LogP contribution is -2.37. The third-order valence-electron chi connectivity index (χ3n) is 4.48. The van der Waals surface area contributed by atoms with Gasteiger partial charge in [-0.3, -0.25) is 0 Å². The van der Waals surface area contributed by atoms with Gasteiger partial charge in [0.15, 0.2) is 9.84 Å². The molecule has 0 aromatic carbocycles. The summed E-state index contributed by atoms with van der Waals surface area (Å²) in [5, 5.41) is 3.40. The third kappa shape index (κ3) is 4.23. The monoisotopic (exact) mass is 273 g/mol. The molecule has 0 heterocycles. The van der Waals surface area contributed by atoms with Crippen LogP contribution in [0.25, 0.3) is 0 Å². The molecule has 0 aromatic heterocycles. The summed E-state index contributed by atoms with van der Waals surface area (Å²) in [6.45, 7) is 0.656. The lowest BCUT2D eigenvalue weighted by Gasteiger charge is -2.24. The fraction of sp³-hybridized carbons (Fsp3) is 1.00. The molecule has 2 saturated carbocycles. The van der Waals surface area contributed by atoms with Gasteiger partial charge in [0, 0.05) is 12.6 Å². The normalized spacial score (nSPS) is 24.2. The van der Waals surface area contributed by atoms with Gasteiger partial charge >= 0.3 is 0 Å². The minimum Gasteiger partial charge on any atom is -0.313 e. The first-order valence-electron chi connectivity index (χ1n) is 7.63. The van der Waals surface area contributed by atoms with Crippen molar-refractivity contribution in [3.63, 3.8) is 0 Å². The quantitative estimate of drug-likeness (QED) is 0.837. The Balaban J connectivity index is 1.70. The summed E-state index contributed by atoms with van der Waals surface area (Å²) >= 11 is 0. The van der Waals surface area contributed by atoms with Crippen LogP contribution in [0.1, 0.15) is 64.2 Å². The Kier molecular flexibility index (Phi) is 5.49. The Labute approximate surface area is 112 Å². The van der Waals surface area contributed by atoms with Gasteiger partial charge < -0.3 is 5.32 Å². The largest absolute Gasteiger partial charge is 0.313 e. The summed E-state index contributed by atoms with van der Waals surface area (Å²) in [5.41, 5.74) is 0. The van der Waals surface area contributed by atoms with E-state index >= 15 is 0 Å². The Bertz CT molecular complexity index is 328. The van der Waals surface area contributed by atoms with Crippen molar-refractivity contribution in [2.24, 2.45) is 0 Å². The summed E-state index contributed by atoms with van der Waals surface area (Å²) in [6, 6.07) is 0.570. The fourth-order valence-electron chi connectivity index (χ4n) is 3.30. The topological polar surface area (TPSA) is 46.2 Å². The van der Waals surface area contributed by atoms with E-state index in [1.54, 1.807) is 0 Å². The zero-order valence-electron chi connectivity index (χ0n) is 11.4. The van der Waals surface area contributed by atoms with Crippen LogP contribution in [0.3, 0.4) is 0 Å². The van der Waals surface area contributed by atoms with E-state index in [-0.39, 0.29) is 5.25 Å². The molecule has 0 unspecified atom stereocenters. The second kappa shape index (κ2) is 6.90. The van der Waals surface area contributed by atoms with Gasteiger partial charge in [0.2, 0.25) is 0 Å². The van der Waals surface area contributed by atoms with Crippen LogP contribution in [0.4, 0.5) is 0 Å². The Morgan fingerprint density at radius 2 is 1.39 bits per heavy atom. The molecule has 106 valence electrons. The van der Waals surface area contributed by atoms with Gasteiger partial charge in [-0.05, 0) is 25.7 Å². The molecule has 0 atom stereocenters. The average Bonchev–Trinajstić information content (AvgIpc) is 2.41. The van der Waals surface area contributed by atoms with Gasteiger partial charge in [0.25, 0.3) is 0 Å². The zero-order valence-corrected chi connectivity index (χ0v) is 12.2. The van der Waals surface area contributed by atoms with E-state index in [1.165, 1.54) is 38.5 Å². The Hall–Kier alpha value is -0.0900. The number of hydrogen-bond acceptors (Lipinski definition) is 3. The molecule has 0 aromatic rings. The van der Waals surface area contributed by atoms with Gasteiger partial charge in [-0.2, -0.15) is 0 Å². The molecule has 0 aliphatic heterocycles. The maximum Gasteiger partial charge on any atom is 0.154 e. The van der Waals surface area contributed by atoms with Crippen molar-refractivity contribution < 1.29 is 8.42 Å². The van der Waals surface area contributed by atoms with Crippen LogP contribution < -0.4 is 5.32 Å². The van der Waals surface area contributed by atoms with Crippen molar-refractivity contribution in [1.82, 2.24) is 5.32 Å². The zero-order chi connectivity index (χ0) is 12.8. The van der Waals surface area contributed by atoms with Crippen molar-refractivity contribution in [3.8, 4) is 0 Å². The van der Waals surface area contributed by atoms with Crippen LogP contribution in [0.5, 0.6) is 0 Å². The highest BCUT2D eigenvalue weighted by atomic mass is 32.2. The SMILES string of the molecule is O=S(=O)(CCNC1CCCCC1)C1CCCCC1. The van der Waals surface area contributed by atoms with E-state index in [2.05, 4.69) is 5.32 Å². The molecule has 4 heteroatoms. The van der Waals surface area contributed by atoms with Crippen LogP contribution in [-0.2, 0) is 9.84 Å². The van der Waals surface area contributed by atoms with Gasteiger partial charge in [-0.1, -0.05) is 38.5 Å². The molecule has 0 amide bonds. The lowest BCUT2D eigenvalue weighted by molar-refractivity contribution is 0.379. The summed E-state index contributed by atoms with van der Waals surface area (Å²) in [4.78, 5) is 0. The van der Waals surface area contributed by atoms with Crippen molar-refractivity contribution in [2.75, 3.05) is 12.3 Å². The molecular weight excluding hydrogens is 246 g/mol. The highest BCUT2D eigenvalue weighted by Crippen LogP contribution is 2.24. The predicted molar refractivity (Wildman–Crippen MR) is 75.5 cm³/mol. The second-order valence-corrected chi connectivity index (χ2v) is 8.32. The predicted octanol–water partition coefficient (Wildman–Crippen LogP) is 2.66. The summed E-state index contributed by atoms with van der Waals surface area (Å²) < 4.78 is 24.4. The maximum atomic E-state index is 12.2. The highest BCUT2D eigenvalue weighted by Gasteiger charge is 2.26. The molecule has 2 aliphatic rings. The number of sulfone groups is 1. The summed E-state index contributed by atoms with van der Waals surface area (Å²) in [6.07, 6.45) is 11.6. The van der Waals surface area contributed by atoms with Crippen LogP contribution in [0.15, 0.2) is 0 Å². The molecule has 2 rings (SSSR count). The average molecular weight is 273 g/mol. The van der Waals surface area contributed by atoms with Crippen LogP contribution in [0.2, 0.25) is 0 Å². The summed E-state index contributed by atoms with van der Waals surface area (Å²) in [7, 11) is -2.85. The van der Waals surface area contributed by atoms with Crippen molar-refractivity contribution in [1.29, 1.82) is 0 Å². The third-order valence-corrected chi connectivity index (χ3v) is 6.75. The minimum absolute atomic E-state index is 0.0422. The minimum atomic E-state index is -2.85. The van der Waals surface area contributed by atoms with E-state index in [9.17, 15) is 8.42 Å². The second-order valence-electron chi connectivity index (χ2n) is 5.92. The molecule has 2 aliphatic carbocycles. The Morgan fingerprint density at radius 3 is 2.00 bits per heavy atom. The highest BCUT2D eigenvalue weighted by molar-refractivity contribution is 7.92. The molecule has 1 N–H and O–H groups in total. The number of nitrogens with one attached hydrogen (secondary N) is 1. The Morgan fingerprint density at radius 1 is 0.833 bits per heavy atom. The van der Waals surface area contributed by atoms with E-state index in [4.69, 9.17) is 0 Å². The van der Waals surface area contributed by atoms with Gasteiger partial charge in [-0.15, -0.1) is 0 Å². The van der Waals surface area contributed by atoms with Crippen molar-refractivity contribution >= 4 is 9.84 Å². The number of rotatable bonds is 5. The van der Waals surface area contributed by atoms with Crippen LogP contribution in [0, 0.1) is 0 Å². The maximum absolute atomic E-state index is 12.2.